The Morgan fingerprint density at radius 1 is 1.56 bits per heavy atom. The topological polar surface area (TPSA) is 58.7 Å². The van der Waals surface area contributed by atoms with Gasteiger partial charge in [0.05, 0.1) is 12.6 Å². The molecular weight excluding hydrogens is 204 g/mol. The maximum Gasteiger partial charge on any atom is 0.165 e. The van der Waals surface area contributed by atoms with E-state index in [0.29, 0.717) is 6.73 Å². The molecule has 0 fully saturated rings. The summed E-state index contributed by atoms with van der Waals surface area (Å²) in [6, 6.07) is 7.62. The van der Waals surface area contributed by atoms with Crippen LogP contribution in [0, 0.1) is 0 Å². The van der Waals surface area contributed by atoms with Gasteiger partial charge in [-0.2, -0.15) is 0 Å². The molecule has 1 atom stereocenters. The fourth-order valence-electron chi connectivity index (χ4n) is 1.60. The first kappa shape index (κ1) is 11.0. The third-order valence-electron chi connectivity index (χ3n) is 2.53. The summed E-state index contributed by atoms with van der Waals surface area (Å²) < 4.78 is 5.45. The van der Waals surface area contributed by atoms with Crippen molar-refractivity contribution in [2.45, 2.75) is 19.6 Å². The number of aliphatic hydroxyl groups is 1. The molecule has 1 unspecified atom stereocenters. The van der Waals surface area contributed by atoms with Crippen molar-refractivity contribution in [3.8, 4) is 0 Å². The van der Waals surface area contributed by atoms with E-state index in [1.165, 1.54) is 0 Å². The number of aliphatic hydroxyl groups excluding tert-OH is 1. The highest BCUT2D eigenvalue weighted by Crippen LogP contribution is 2.22. The molecule has 1 aromatic rings. The number of nitrogens with two attached hydrogens (primary N) is 1. The summed E-state index contributed by atoms with van der Waals surface area (Å²) in [6.07, 6.45) is 1.90. The van der Waals surface area contributed by atoms with Crippen molar-refractivity contribution in [1.82, 2.24) is 0 Å². The molecule has 4 heteroatoms. The number of hydrogen-bond donors (Lipinski definition) is 2. The molecular formula is C12H16N2O2. The molecule has 0 bridgehead atoms. The highest BCUT2D eigenvalue weighted by Gasteiger charge is 2.17. The molecule has 4 nitrogen and oxygen atoms in total. The molecule has 0 saturated heterocycles. The van der Waals surface area contributed by atoms with Gasteiger partial charge in [-0.05, 0) is 24.6 Å². The lowest BCUT2D eigenvalue weighted by Crippen LogP contribution is -2.17. The van der Waals surface area contributed by atoms with Crippen LogP contribution in [0.4, 0.5) is 5.69 Å². The lowest BCUT2D eigenvalue weighted by atomic mass is 10.2. The zero-order chi connectivity index (χ0) is 11.5. The highest BCUT2D eigenvalue weighted by atomic mass is 16.5. The van der Waals surface area contributed by atoms with Crippen LogP contribution in [-0.4, -0.2) is 17.9 Å². The average Bonchev–Trinajstić information content (AvgIpc) is 2.78. The van der Waals surface area contributed by atoms with Crippen LogP contribution in [-0.2, 0) is 11.3 Å². The molecule has 1 aliphatic rings. The first-order chi connectivity index (χ1) is 7.70. The predicted octanol–water partition coefficient (Wildman–Crippen LogP) is 1.16. The zero-order valence-electron chi connectivity index (χ0n) is 9.26. The minimum absolute atomic E-state index is 0.0480. The van der Waals surface area contributed by atoms with E-state index in [0.717, 1.165) is 17.0 Å². The van der Waals surface area contributed by atoms with Crippen LogP contribution in [0.25, 0.3) is 0 Å². The Kier molecular flexibility index (Phi) is 3.12. The predicted molar refractivity (Wildman–Crippen MR) is 62.5 cm³/mol. The van der Waals surface area contributed by atoms with Crippen molar-refractivity contribution in [2.24, 2.45) is 5.73 Å². The number of benzene rings is 1. The first-order valence-corrected chi connectivity index (χ1v) is 5.27. The van der Waals surface area contributed by atoms with Crippen LogP contribution in [0.1, 0.15) is 12.5 Å². The molecule has 0 aromatic heterocycles. The van der Waals surface area contributed by atoms with E-state index in [-0.39, 0.29) is 12.6 Å². The first-order valence-electron chi connectivity index (χ1n) is 5.27. The number of anilines is 1. The molecule has 1 heterocycles. The molecule has 0 spiro atoms. The van der Waals surface area contributed by atoms with Crippen molar-refractivity contribution in [1.29, 1.82) is 0 Å². The molecule has 1 aliphatic heterocycles. The second-order valence-electron chi connectivity index (χ2n) is 3.89. The quantitative estimate of drug-likeness (QED) is 0.802. The standard InChI is InChI=1S/C12H16N2O2/c1-9(13)12-6-14(8-16-12)11-4-2-3-10(5-11)7-15/h2-6,9,15H,7-8,13H2,1H3. The lowest BCUT2D eigenvalue weighted by molar-refractivity contribution is 0.228. The smallest absolute Gasteiger partial charge is 0.165 e. The van der Waals surface area contributed by atoms with Gasteiger partial charge in [-0.15, -0.1) is 0 Å². The van der Waals surface area contributed by atoms with Gasteiger partial charge in [0.1, 0.15) is 5.76 Å². The van der Waals surface area contributed by atoms with Gasteiger partial charge in [0.15, 0.2) is 6.73 Å². The van der Waals surface area contributed by atoms with E-state index in [1.807, 2.05) is 42.3 Å². The molecule has 0 saturated carbocycles. The van der Waals surface area contributed by atoms with Crippen LogP contribution >= 0.6 is 0 Å². The monoisotopic (exact) mass is 220 g/mol. The third kappa shape index (κ3) is 2.18. The Hall–Kier alpha value is -1.52. The Morgan fingerprint density at radius 3 is 3.00 bits per heavy atom. The van der Waals surface area contributed by atoms with Crippen molar-refractivity contribution in [3.63, 3.8) is 0 Å². The van der Waals surface area contributed by atoms with E-state index in [2.05, 4.69) is 0 Å². The van der Waals surface area contributed by atoms with Crippen LogP contribution in [0.2, 0.25) is 0 Å². The van der Waals surface area contributed by atoms with E-state index < -0.39 is 0 Å². The van der Waals surface area contributed by atoms with Gasteiger partial charge in [0, 0.05) is 11.9 Å². The fourth-order valence-corrected chi connectivity index (χ4v) is 1.60. The Bertz CT molecular complexity index is 402. The van der Waals surface area contributed by atoms with E-state index in [4.69, 9.17) is 15.6 Å². The maximum absolute atomic E-state index is 9.06. The van der Waals surface area contributed by atoms with Crippen molar-refractivity contribution in [3.05, 3.63) is 41.8 Å². The summed E-state index contributed by atoms with van der Waals surface area (Å²) >= 11 is 0. The second kappa shape index (κ2) is 4.55. The summed E-state index contributed by atoms with van der Waals surface area (Å²) in [4.78, 5) is 1.97. The average molecular weight is 220 g/mol. The van der Waals surface area contributed by atoms with Gasteiger partial charge in [-0.1, -0.05) is 12.1 Å². The normalized spacial score (nSPS) is 16.9. The van der Waals surface area contributed by atoms with Crippen LogP contribution < -0.4 is 10.6 Å². The van der Waals surface area contributed by atoms with E-state index in [9.17, 15) is 0 Å². The SMILES string of the molecule is CC(N)C1=CN(c2cccc(CO)c2)CO1. The summed E-state index contributed by atoms with van der Waals surface area (Å²) in [5.41, 5.74) is 7.63. The number of hydrogen-bond acceptors (Lipinski definition) is 4. The third-order valence-corrected chi connectivity index (χ3v) is 2.53. The largest absolute Gasteiger partial charge is 0.474 e. The highest BCUT2D eigenvalue weighted by molar-refractivity contribution is 5.52. The van der Waals surface area contributed by atoms with Crippen molar-refractivity contribution in [2.75, 3.05) is 11.6 Å². The van der Waals surface area contributed by atoms with Gasteiger partial charge >= 0.3 is 0 Å². The zero-order valence-corrected chi connectivity index (χ0v) is 9.26. The molecule has 2 rings (SSSR count). The number of rotatable bonds is 3. The lowest BCUT2D eigenvalue weighted by Gasteiger charge is -2.14. The summed E-state index contributed by atoms with van der Waals surface area (Å²) in [5.74, 6) is 0.786. The van der Waals surface area contributed by atoms with Gasteiger partial charge in [-0.3, -0.25) is 0 Å². The summed E-state index contributed by atoms with van der Waals surface area (Å²) in [7, 11) is 0. The molecule has 0 amide bonds. The second-order valence-corrected chi connectivity index (χ2v) is 3.89. The van der Waals surface area contributed by atoms with Crippen LogP contribution in [0.15, 0.2) is 36.2 Å². The van der Waals surface area contributed by atoms with Crippen LogP contribution in [0.3, 0.4) is 0 Å². The Labute approximate surface area is 94.9 Å². The fraction of sp³-hybridized carbons (Fsp3) is 0.333. The van der Waals surface area contributed by atoms with E-state index in [1.54, 1.807) is 0 Å². The van der Waals surface area contributed by atoms with Gasteiger partial charge in [0.2, 0.25) is 0 Å². The number of ether oxygens (including phenoxy) is 1. The number of nitrogens with zero attached hydrogens (tertiary/aromatic N) is 1. The molecule has 86 valence electrons. The van der Waals surface area contributed by atoms with Gasteiger partial charge in [-0.25, -0.2) is 0 Å². The molecule has 16 heavy (non-hydrogen) atoms. The Balaban J connectivity index is 2.19. The minimum Gasteiger partial charge on any atom is -0.474 e. The van der Waals surface area contributed by atoms with Crippen LogP contribution in [0.5, 0.6) is 0 Å². The van der Waals surface area contributed by atoms with Crippen molar-refractivity contribution >= 4 is 5.69 Å². The van der Waals surface area contributed by atoms with Gasteiger partial charge < -0.3 is 20.5 Å². The summed E-state index contributed by atoms with van der Waals surface area (Å²) in [5, 5.41) is 9.06. The van der Waals surface area contributed by atoms with Crippen molar-refractivity contribution < 1.29 is 9.84 Å². The maximum atomic E-state index is 9.06. The summed E-state index contributed by atoms with van der Waals surface area (Å²) in [6.45, 7) is 2.41. The Morgan fingerprint density at radius 2 is 2.38 bits per heavy atom. The van der Waals surface area contributed by atoms with Gasteiger partial charge in [0.25, 0.3) is 0 Å². The molecule has 3 N–H and O–H groups in total. The minimum atomic E-state index is -0.0916. The molecule has 1 aromatic carbocycles. The van der Waals surface area contributed by atoms with E-state index >= 15 is 0 Å². The molecule has 0 aliphatic carbocycles. The molecule has 0 radical (unpaired) electrons.